The van der Waals surface area contributed by atoms with Gasteiger partial charge < -0.3 is 14.7 Å². The largest absolute Gasteiger partial charge is 0.481 e. The smallest absolute Gasteiger partial charge is 0.411 e. The molecule has 0 radical (unpaired) electrons. The minimum atomic E-state index is -1.13. The Bertz CT molecular complexity index is 1180. The lowest BCUT2D eigenvalue weighted by molar-refractivity contribution is -0.139. The molecule has 1 unspecified atom stereocenters. The molecule has 3 aromatic rings. The van der Waals surface area contributed by atoms with E-state index in [1.54, 1.807) is 11.1 Å². The zero-order chi connectivity index (χ0) is 24.3. The third-order valence-corrected chi connectivity index (χ3v) is 6.29. The molecule has 2 atom stereocenters. The number of hydrogen-bond acceptors (Lipinski definition) is 4. The minimum Gasteiger partial charge on any atom is -0.481 e. The van der Waals surface area contributed by atoms with Crippen molar-refractivity contribution in [3.63, 3.8) is 0 Å². The van der Waals surface area contributed by atoms with Gasteiger partial charge >= 0.3 is 12.1 Å². The first-order valence-corrected chi connectivity index (χ1v) is 11.0. The number of carboxylic acid groups (broad SMARTS) is 1. The van der Waals surface area contributed by atoms with Crippen LogP contribution in [0.1, 0.15) is 43.4 Å². The molecule has 1 amide bonds. The van der Waals surface area contributed by atoms with Crippen LogP contribution in [0.15, 0.2) is 67.0 Å². The van der Waals surface area contributed by atoms with Gasteiger partial charge in [0.05, 0.1) is 12.2 Å². The van der Waals surface area contributed by atoms with Gasteiger partial charge in [-0.3, -0.25) is 9.78 Å². The van der Waals surface area contributed by atoms with E-state index in [1.165, 1.54) is 30.3 Å². The van der Waals surface area contributed by atoms with E-state index in [4.69, 9.17) is 4.74 Å². The van der Waals surface area contributed by atoms with Gasteiger partial charge in [0.25, 0.3) is 0 Å². The fraction of sp³-hybridized carbons (Fsp3) is 0.269. The van der Waals surface area contributed by atoms with Gasteiger partial charge in [-0.05, 0) is 41.8 Å². The van der Waals surface area contributed by atoms with Crippen molar-refractivity contribution in [2.75, 3.05) is 6.54 Å². The van der Waals surface area contributed by atoms with Crippen molar-refractivity contribution in [3.8, 4) is 11.1 Å². The second-order valence-electron chi connectivity index (χ2n) is 8.40. The van der Waals surface area contributed by atoms with Crippen LogP contribution in [0.4, 0.5) is 13.6 Å². The first-order valence-electron chi connectivity index (χ1n) is 11.0. The summed E-state index contributed by atoms with van der Waals surface area (Å²) in [5.41, 5.74) is 1.76. The molecule has 0 bridgehead atoms. The Labute approximate surface area is 195 Å². The number of nitrogens with zero attached hydrogens (tertiary/aromatic N) is 2. The number of ether oxygens (including phenoxy) is 1. The quantitative estimate of drug-likeness (QED) is 0.484. The predicted molar refractivity (Wildman–Crippen MR) is 121 cm³/mol. The molecular formula is C26H24F2N2O4. The van der Waals surface area contributed by atoms with Crippen LogP contribution in [0.3, 0.4) is 0 Å². The van der Waals surface area contributed by atoms with Crippen molar-refractivity contribution in [3.05, 3.63) is 89.8 Å². The van der Waals surface area contributed by atoms with Gasteiger partial charge in [0.15, 0.2) is 0 Å². The molecule has 176 valence electrons. The van der Waals surface area contributed by atoms with Crippen LogP contribution in [0.5, 0.6) is 0 Å². The van der Waals surface area contributed by atoms with E-state index in [2.05, 4.69) is 4.98 Å². The Morgan fingerprint density at radius 3 is 2.41 bits per heavy atom. The van der Waals surface area contributed by atoms with Crippen molar-refractivity contribution in [1.29, 1.82) is 0 Å². The molecule has 1 aliphatic rings. The van der Waals surface area contributed by atoms with Gasteiger partial charge in [-0.1, -0.05) is 36.4 Å². The van der Waals surface area contributed by atoms with E-state index in [9.17, 15) is 23.5 Å². The molecule has 0 spiro atoms. The zero-order valence-electron chi connectivity index (χ0n) is 18.6. The van der Waals surface area contributed by atoms with E-state index in [0.717, 1.165) is 17.3 Å². The highest BCUT2D eigenvalue weighted by Gasteiger charge is 2.43. The number of aromatic nitrogens is 1. The summed E-state index contributed by atoms with van der Waals surface area (Å²) in [4.78, 5) is 29.7. The molecule has 34 heavy (non-hydrogen) atoms. The summed E-state index contributed by atoms with van der Waals surface area (Å²) < 4.78 is 32.8. The molecule has 1 aliphatic heterocycles. The molecule has 4 rings (SSSR count). The Morgan fingerprint density at radius 1 is 1.09 bits per heavy atom. The number of carbonyl (C=O) groups is 2. The molecule has 1 fully saturated rings. The Hall–Kier alpha value is -3.81. The van der Waals surface area contributed by atoms with E-state index in [1.807, 2.05) is 31.2 Å². The fourth-order valence-electron chi connectivity index (χ4n) is 4.31. The number of hydrogen-bond donors (Lipinski definition) is 1. The van der Waals surface area contributed by atoms with Crippen LogP contribution in [-0.2, 0) is 15.1 Å². The Morgan fingerprint density at radius 2 is 1.79 bits per heavy atom. The molecular weight excluding hydrogens is 442 g/mol. The Kier molecular flexibility index (Phi) is 6.58. The summed E-state index contributed by atoms with van der Waals surface area (Å²) in [6.45, 7) is 2.22. The van der Waals surface area contributed by atoms with Gasteiger partial charge in [0.2, 0.25) is 0 Å². The van der Waals surface area contributed by atoms with Crippen LogP contribution in [0, 0.1) is 11.6 Å². The summed E-state index contributed by atoms with van der Waals surface area (Å²) in [6.07, 6.45) is 2.44. The highest BCUT2D eigenvalue weighted by atomic mass is 19.1. The lowest BCUT2D eigenvalue weighted by atomic mass is 9.84. The molecule has 1 N–H and O–H groups in total. The average molecular weight is 466 g/mol. The fourth-order valence-corrected chi connectivity index (χ4v) is 4.31. The SMILES string of the molecule is CC(c1ccc(-c2cncc(F)c2)cc1)N1CC[C@](CCC(=O)O)(c2ccc(F)cc2)OC1=O. The third-order valence-electron chi connectivity index (χ3n) is 6.29. The van der Waals surface area contributed by atoms with Crippen LogP contribution in [0.2, 0.25) is 0 Å². The summed E-state index contributed by atoms with van der Waals surface area (Å²) in [5, 5.41) is 9.19. The molecule has 1 aromatic heterocycles. The minimum absolute atomic E-state index is 0.0955. The second-order valence-corrected chi connectivity index (χ2v) is 8.40. The standard InChI is InChI=1S/C26H24F2N2O4/c1-17(18-2-4-19(5-3-18)20-14-23(28)16-29-15-20)30-13-12-26(34-25(30)33,11-10-24(31)32)21-6-8-22(27)9-7-21/h2-9,14-17H,10-13H2,1H3,(H,31,32)/t17?,26-/m1/s1. The zero-order valence-corrected chi connectivity index (χ0v) is 18.6. The molecule has 1 saturated heterocycles. The summed E-state index contributed by atoms with van der Waals surface area (Å²) in [6, 6.07) is 14.1. The van der Waals surface area contributed by atoms with E-state index >= 15 is 0 Å². The molecule has 8 heteroatoms. The topological polar surface area (TPSA) is 79.7 Å². The van der Waals surface area contributed by atoms with Gasteiger partial charge in [0.1, 0.15) is 17.2 Å². The Balaban J connectivity index is 1.52. The monoisotopic (exact) mass is 466 g/mol. The second kappa shape index (κ2) is 9.59. The summed E-state index contributed by atoms with van der Waals surface area (Å²) >= 11 is 0. The number of cyclic esters (lactones) is 1. The lowest BCUT2D eigenvalue weighted by Gasteiger charge is -2.43. The number of halogens is 2. The molecule has 2 aromatic carbocycles. The summed E-state index contributed by atoms with van der Waals surface area (Å²) in [7, 11) is 0. The number of amides is 1. The van der Waals surface area contributed by atoms with Crippen LogP contribution >= 0.6 is 0 Å². The molecule has 6 nitrogen and oxygen atoms in total. The van der Waals surface area contributed by atoms with E-state index in [-0.39, 0.29) is 18.9 Å². The van der Waals surface area contributed by atoms with Gasteiger partial charge in [-0.25, -0.2) is 13.6 Å². The number of rotatable bonds is 7. The van der Waals surface area contributed by atoms with Gasteiger partial charge in [0, 0.05) is 37.6 Å². The maximum absolute atomic E-state index is 13.5. The highest BCUT2D eigenvalue weighted by molar-refractivity contribution is 5.71. The maximum Gasteiger partial charge on any atom is 0.411 e. The number of aliphatic carboxylic acids is 1. The number of pyridine rings is 1. The van der Waals surface area contributed by atoms with Crippen molar-refractivity contribution in [1.82, 2.24) is 9.88 Å². The third kappa shape index (κ3) is 4.90. The van der Waals surface area contributed by atoms with Crippen molar-refractivity contribution >= 4 is 12.1 Å². The first kappa shape index (κ1) is 23.4. The number of carboxylic acids is 1. The van der Waals surface area contributed by atoms with Crippen LogP contribution in [-0.4, -0.2) is 33.6 Å². The van der Waals surface area contributed by atoms with Gasteiger partial charge in [-0.15, -0.1) is 0 Å². The van der Waals surface area contributed by atoms with E-state index < -0.39 is 29.3 Å². The van der Waals surface area contributed by atoms with Crippen molar-refractivity contribution in [2.24, 2.45) is 0 Å². The lowest BCUT2D eigenvalue weighted by Crippen LogP contribution is -2.49. The number of benzene rings is 2. The predicted octanol–water partition coefficient (Wildman–Crippen LogP) is 5.69. The van der Waals surface area contributed by atoms with E-state index in [0.29, 0.717) is 24.1 Å². The van der Waals surface area contributed by atoms with Crippen LogP contribution in [0.25, 0.3) is 11.1 Å². The summed E-state index contributed by atoms with van der Waals surface area (Å²) in [5.74, 6) is -1.84. The van der Waals surface area contributed by atoms with Crippen molar-refractivity contribution in [2.45, 2.75) is 37.8 Å². The molecule has 0 saturated carbocycles. The average Bonchev–Trinajstić information content (AvgIpc) is 2.83. The highest BCUT2D eigenvalue weighted by Crippen LogP contribution is 2.40. The maximum atomic E-state index is 13.5. The molecule has 0 aliphatic carbocycles. The van der Waals surface area contributed by atoms with Crippen molar-refractivity contribution < 1.29 is 28.2 Å². The van der Waals surface area contributed by atoms with Crippen LogP contribution < -0.4 is 0 Å². The molecule has 2 heterocycles. The first-order chi connectivity index (χ1) is 16.3. The normalized spacial score (nSPS) is 18.9. The van der Waals surface area contributed by atoms with Gasteiger partial charge in [-0.2, -0.15) is 0 Å². The number of carbonyl (C=O) groups excluding carboxylic acids is 1.